The van der Waals surface area contributed by atoms with E-state index in [9.17, 15) is 4.79 Å². The van der Waals surface area contributed by atoms with Crippen molar-refractivity contribution < 1.29 is 9.53 Å². The molecule has 19 heavy (non-hydrogen) atoms. The molecule has 1 amide bonds. The molecular weight excluding hydrogens is 244 g/mol. The molecule has 1 saturated carbocycles. The fourth-order valence-electron chi connectivity index (χ4n) is 1.95. The van der Waals surface area contributed by atoms with Gasteiger partial charge >= 0.3 is 0 Å². The number of amides is 1. The highest BCUT2D eigenvalue weighted by Gasteiger charge is 2.30. The van der Waals surface area contributed by atoms with Crippen molar-refractivity contribution in [3.63, 3.8) is 0 Å². The molecule has 6 heteroatoms. The van der Waals surface area contributed by atoms with Gasteiger partial charge in [0.25, 0.3) is 5.91 Å². The highest BCUT2D eigenvalue weighted by molar-refractivity contribution is 5.92. The minimum atomic E-state index is -0.174. The molecule has 1 aliphatic carbocycles. The van der Waals surface area contributed by atoms with E-state index in [1.807, 2.05) is 0 Å². The monoisotopic (exact) mass is 264 g/mol. The van der Waals surface area contributed by atoms with Crippen molar-refractivity contribution in [2.24, 2.45) is 0 Å². The molecule has 1 aromatic heterocycles. The first-order chi connectivity index (χ1) is 9.22. The number of hydrogen-bond donors (Lipinski definition) is 2. The smallest absolute Gasteiger partial charge is 0.271 e. The Balaban J connectivity index is 1.88. The van der Waals surface area contributed by atoms with Crippen LogP contribution in [-0.2, 0) is 4.74 Å². The predicted octanol–water partition coefficient (Wildman–Crippen LogP) is 1.21. The average Bonchev–Trinajstić information content (AvgIpc) is 2.40. The van der Waals surface area contributed by atoms with E-state index in [4.69, 9.17) is 4.74 Å². The molecule has 2 rings (SSSR count). The van der Waals surface area contributed by atoms with Crippen LogP contribution >= 0.6 is 0 Å². The number of aromatic nitrogens is 2. The summed E-state index contributed by atoms with van der Waals surface area (Å²) in [5.74, 6) is 0.463. The molecule has 0 saturated heterocycles. The fraction of sp³-hybridized carbons (Fsp3) is 0.615. The van der Waals surface area contributed by atoms with Crippen molar-refractivity contribution >= 4 is 11.7 Å². The van der Waals surface area contributed by atoms with Gasteiger partial charge in [-0.25, -0.2) is 4.98 Å². The Hall–Kier alpha value is -1.69. The topological polar surface area (TPSA) is 76.1 Å². The number of hydrogen-bond acceptors (Lipinski definition) is 5. The van der Waals surface area contributed by atoms with Gasteiger partial charge in [-0.1, -0.05) is 6.92 Å². The zero-order chi connectivity index (χ0) is 13.7. The van der Waals surface area contributed by atoms with E-state index in [-0.39, 0.29) is 18.1 Å². The molecule has 0 aromatic carbocycles. The molecule has 0 spiro atoms. The van der Waals surface area contributed by atoms with Gasteiger partial charge in [-0.3, -0.25) is 9.78 Å². The molecule has 0 unspecified atom stereocenters. The SMILES string of the molecule is CCCNc1cncc(C(=O)NC2CC(OC)C2)n1. The minimum Gasteiger partial charge on any atom is -0.381 e. The summed E-state index contributed by atoms with van der Waals surface area (Å²) in [6.07, 6.45) is 6.11. The summed E-state index contributed by atoms with van der Waals surface area (Å²) >= 11 is 0. The number of nitrogens with zero attached hydrogens (tertiary/aromatic N) is 2. The van der Waals surface area contributed by atoms with E-state index >= 15 is 0 Å². The Morgan fingerprint density at radius 3 is 2.95 bits per heavy atom. The van der Waals surface area contributed by atoms with Crippen LogP contribution in [0.25, 0.3) is 0 Å². The standard InChI is InChI=1S/C13H20N4O2/c1-3-4-15-12-8-14-7-11(17-12)13(18)16-9-5-10(6-9)19-2/h7-10H,3-6H2,1-2H3,(H,15,17)(H,16,18). The number of rotatable bonds is 6. The number of nitrogens with one attached hydrogen (secondary N) is 2. The summed E-state index contributed by atoms with van der Waals surface area (Å²) in [5.41, 5.74) is 0.349. The van der Waals surface area contributed by atoms with E-state index in [1.165, 1.54) is 6.20 Å². The Kier molecular flexibility index (Phi) is 4.68. The van der Waals surface area contributed by atoms with E-state index < -0.39 is 0 Å². The van der Waals surface area contributed by atoms with Gasteiger partial charge in [0.05, 0.1) is 18.5 Å². The van der Waals surface area contributed by atoms with Crippen LogP contribution in [-0.4, -0.2) is 41.7 Å². The Bertz CT molecular complexity index is 432. The Morgan fingerprint density at radius 2 is 2.26 bits per heavy atom. The van der Waals surface area contributed by atoms with Gasteiger partial charge in [-0.15, -0.1) is 0 Å². The molecule has 0 bridgehead atoms. The van der Waals surface area contributed by atoms with E-state index in [1.54, 1.807) is 13.3 Å². The molecule has 0 aliphatic heterocycles. The maximum Gasteiger partial charge on any atom is 0.271 e. The predicted molar refractivity (Wildman–Crippen MR) is 72.1 cm³/mol. The van der Waals surface area contributed by atoms with Crippen LogP contribution < -0.4 is 10.6 Å². The van der Waals surface area contributed by atoms with E-state index in [2.05, 4.69) is 27.5 Å². The van der Waals surface area contributed by atoms with Gasteiger partial charge in [-0.2, -0.15) is 0 Å². The summed E-state index contributed by atoms with van der Waals surface area (Å²) in [7, 11) is 1.69. The second-order valence-electron chi connectivity index (χ2n) is 4.72. The fourth-order valence-corrected chi connectivity index (χ4v) is 1.95. The highest BCUT2D eigenvalue weighted by atomic mass is 16.5. The second kappa shape index (κ2) is 6.47. The zero-order valence-corrected chi connectivity index (χ0v) is 11.3. The van der Waals surface area contributed by atoms with Crippen LogP contribution in [0.3, 0.4) is 0 Å². The Morgan fingerprint density at radius 1 is 1.47 bits per heavy atom. The quantitative estimate of drug-likeness (QED) is 0.807. The molecule has 0 radical (unpaired) electrons. The second-order valence-corrected chi connectivity index (χ2v) is 4.72. The van der Waals surface area contributed by atoms with Crippen molar-refractivity contribution in [2.75, 3.05) is 19.0 Å². The lowest BCUT2D eigenvalue weighted by Gasteiger charge is -2.34. The van der Waals surface area contributed by atoms with Crippen LogP contribution in [0.2, 0.25) is 0 Å². The molecule has 1 aromatic rings. The maximum atomic E-state index is 12.0. The van der Waals surface area contributed by atoms with E-state index in [0.29, 0.717) is 11.5 Å². The largest absolute Gasteiger partial charge is 0.381 e. The van der Waals surface area contributed by atoms with Crippen molar-refractivity contribution in [3.05, 3.63) is 18.1 Å². The maximum absolute atomic E-state index is 12.0. The van der Waals surface area contributed by atoms with Gasteiger partial charge in [0.2, 0.25) is 0 Å². The van der Waals surface area contributed by atoms with Crippen molar-refractivity contribution in [1.29, 1.82) is 0 Å². The number of methoxy groups -OCH3 is 1. The molecule has 1 aliphatic rings. The van der Waals surface area contributed by atoms with Crippen LogP contribution in [0.4, 0.5) is 5.82 Å². The van der Waals surface area contributed by atoms with Gasteiger partial charge in [0.15, 0.2) is 0 Å². The van der Waals surface area contributed by atoms with Gasteiger partial charge in [0, 0.05) is 19.7 Å². The van der Waals surface area contributed by atoms with E-state index in [0.717, 1.165) is 25.8 Å². The first kappa shape index (κ1) is 13.7. The molecule has 1 fully saturated rings. The third-order valence-electron chi connectivity index (χ3n) is 3.19. The van der Waals surface area contributed by atoms with Gasteiger partial charge in [0.1, 0.15) is 11.5 Å². The summed E-state index contributed by atoms with van der Waals surface area (Å²) in [4.78, 5) is 20.3. The molecule has 6 nitrogen and oxygen atoms in total. The summed E-state index contributed by atoms with van der Waals surface area (Å²) in [6, 6.07) is 0.187. The molecule has 104 valence electrons. The summed E-state index contributed by atoms with van der Waals surface area (Å²) < 4.78 is 5.18. The zero-order valence-electron chi connectivity index (χ0n) is 11.3. The number of carbonyl (C=O) groups is 1. The lowest BCUT2D eigenvalue weighted by atomic mass is 9.89. The minimum absolute atomic E-state index is 0.174. The number of anilines is 1. The summed E-state index contributed by atoms with van der Waals surface area (Å²) in [5, 5.41) is 6.04. The van der Waals surface area contributed by atoms with Crippen molar-refractivity contribution in [1.82, 2.24) is 15.3 Å². The first-order valence-corrected chi connectivity index (χ1v) is 6.62. The van der Waals surface area contributed by atoms with Crippen LogP contribution in [0.1, 0.15) is 36.7 Å². The molecule has 0 atom stereocenters. The van der Waals surface area contributed by atoms with Crippen LogP contribution in [0, 0.1) is 0 Å². The molecule has 1 heterocycles. The van der Waals surface area contributed by atoms with Crippen LogP contribution in [0.5, 0.6) is 0 Å². The third-order valence-corrected chi connectivity index (χ3v) is 3.19. The third kappa shape index (κ3) is 3.64. The molecular formula is C13H20N4O2. The average molecular weight is 264 g/mol. The lowest BCUT2D eigenvalue weighted by molar-refractivity contribution is 0.0175. The highest BCUT2D eigenvalue weighted by Crippen LogP contribution is 2.22. The number of ether oxygens (including phenoxy) is 1. The first-order valence-electron chi connectivity index (χ1n) is 6.62. The van der Waals surface area contributed by atoms with Crippen molar-refractivity contribution in [2.45, 2.75) is 38.3 Å². The normalized spacial score (nSPS) is 21.6. The number of carbonyl (C=O) groups excluding carboxylic acids is 1. The van der Waals surface area contributed by atoms with Gasteiger partial charge in [-0.05, 0) is 19.3 Å². The van der Waals surface area contributed by atoms with Crippen LogP contribution in [0.15, 0.2) is 12.4 Å². The lowest BCUT2D eigenvalue weighted by Crippen LogP contribution is -2.47. The molecule has 2 N–H and O–H groups in total. The Labute approximate surface area is 113 Å². The summed E-state index contributed by atoms with van der Waals surface area (Å²) in [6.45, 7) is 2.89. The van der Waals surface area contributed by atoms with Crippen molar-refractivity contribution in [3.8, 4) is 0 Å². The van der Waals surface area contributed by atoms with Gasteiger partial charge < -0.3 is 15.4 Å².